The van der Waals surface area contributed by atoms with E-state index in [2.05, 4.69) is 133 Å². The Morgan fingerprint density at radius 1 is 0.533 bits per heavy atom. The van der Waals surface area contributed by atoms with Gasteiger partial charge in [-0.3, -0.25) is 0 Å². The number of hydrogen-bond donors (Lipinski definition) is 1. The highest BCUT2D eigenvalue weighted by molar-refractivity contribution is 7.26. The van der Waals surface area contributed by atoms with Crippen molar-refractivity contribution in [1.29, 1.82) is 0 Å². The van der Waals surface area contributed by atoms with Crippen LogP contribution in [0.3, 0.4) is 0 Å². The van der Waals surface area contributed by atoms with Crippen molar-refractivity contribution < 1.29 is 0 Å². The number of hydrogen-bond acceptors (Lipinski definition) is 4. The lowest BCUT2D eigenvalue weighted by atomic mass is 9.83. The molecule has 212 valence electrons. The molecule has 1 aliphatic heterocycles. The Bertz CT molecular complexity index is 2290. The van der Waals surface area contributed by atoms with Gasteiger partial charge in [-0.05, 0) is 41.0 Å². The predicted molar refractivity (Wildman–Crippen MR) is 189 cm³/mol. The van der Waals surface area contributed by atoms with E-state index in [1.165, 1.54) is 42.4 Å². The average Bonchev–Trinajstić information content (AvgIpc) is 3.51. The van der Waals surface area contributed by atoms with Crippen molar-refractivity contribution in [3.05, 3.63) is 163 Å². The lowest BCUT2D eigenvalue weighted by molar-refractivity contribution is 0.933. The molecule has 8 aromatic rings. The molecule has 0 spiro atoms. The molecule has 0 saturated heterocycles. The van der Waals surface area contributed by atoms with Crippen molar-refractivity contribution in [1.82, 2.24) is 9.97 Å². The molecule has 45 heavy (non-hydrogen) atoms. The molecule has 2 aromatic heterocycles. The molecule has 4 heteroatoms. The molecular weight excluding hydrogens is 567 g/mol. The van der Waals surface area contributed by atoms with Crippen LogP contribution < -0.4 is 5.32 Å². The van der Waals surface area contributed by atoms with Gasteiger partial charge in [0.05, 0.1) is 17.4 Å². The van der Waals surface area contributed by atoms with E-state index < -0.39 is 0 Å². The van der Waals surface area contributed by atoms with Crippen LogP contribution in [-0.2, 0) is 0 Å². The largest absolute Gasteiger partial charge is 0.374 e. The molecule has 0 fully saturated rings. The molecule has 0 radical (unpaired) electrons. The monoisotopic (exact) mass is 593 g/mol. The summed E-state index contributed by atoms with van der Waals surface area (Å²) in [5.74, 6) is 0.719. The van der Waals surface area contributed by atoms with Crippen molar-refractivity contribution in [2.75, 3.05) is 5.32 Å². The third-order valence-corrected chi connectivity index (χ3v) is 9.87. The normalized spacial score (nSPS) is 13.7. The van der Waals surface area contributed by atoms with E-state index in [0.717, 1.165) is 39.6 Å². The van der Waals surface area contributed by atoms with Gasteiger partial charge >= 0.3 is 0 Å². The van der Waals surface area contributed by atoms with Crippen LogP contribution in [0.2, 0.25) is 0 Å². The second-order valence-corrected chi connectivity index (χ2v) is 12.5. The Morgan fingerprint density at radius 3 is 1.98 bits per heavy atom. The molecule has 1 unspecified atom stereocenters. The van der Waals surface area contributed by atoms with Crippen LogP contribution >= 0.6 is 11.3 Å². The summed E-state index contributed by atoms with van der Waals surface area (Å²) in [6, 6.07) is 53.6. The molecule has 0 saturated carbocycles. The van der Waals surface area contributed by atoms with Crippen LogP contribution in [0.1, 0.15) is 17.2 Å². The Labute approximate surface area is 265 Å². The van der Waals surface area contributed by atoms with Gasteiger partial charge in [0.2, 0.25) is 0 Å². The van der Waals surface area contributed by atoms with Gasteiger partial charge in [-0.1, -0.05) is 127 Å². The van der Waals surface area contributed by atoms with Crippen LogP contribution in [0.25, 0.3) is 65.2 Å². The second kappa shape index (κ2) is 10.5. The number of nitrogens with zero attached hydrogens (tertiary/aromatic N) is 2. The number of anilines is 1. The first kappa shape index (κ1) is 25.9. The van der Waals surface area contributed by atoms with E-state index >= 15 is 0 Å². The first-order chi connectivity index (χ1) is 22.3. The van der Waals surface area contributed by atoms with Gasteiger partial charge in [0, 0.05) is 48.1 Å². The zero-order valence-corrected chi connectivity index (χ0v) is 25.1. The van der Waals surface area contributed by atoms with E-state index in [9.17, 15) is 0 Å². The second-order valence-electron chi connectivity index (χ2n) is 11.4. The van der Waals surface area contributed by atoms with Crippen LogP contribution in [0.4, 0.5) is 5.69 Å². The van der Waals surface area contributed by atoms with Gasteiger partial charge in [-0.25, -0.2) is 9.97 Å². The lowest BCUT2D eigenvalue weighted by Gasteiger charge is -2.31. The Hall–Kier alpha value is -5.58. The molecule has 1 aliphatic rings. The molecule has 9 rings (SSSR count). The third kappa shape index (κ3) is 4.42. The van der Waals surface area contributed by atoms with Gasteiger partial charge < -0.3 is 5.32 Å². The van der Waals surface area contributed by atoms with Gasteiger partial charge in [0.15, 0.2) is 5.82 Å². The highest BCUT2D eigenvalue weighted by atomic mass is 32.1. The Kier molecular flexibility index (Phi) is 6.06. The highest BCUT2D eigenvalue weighted by Crippen LogP contribution is 2.50. The fourth-order valence-electron chi connectivity index (χ4n) is 6.61. The van der Waals surface area contributed by atoms with Crippen LogP contribution in [0, 0.1) is 0 Å². The summed E-state index contributed by atoms with van der Waals surface area (Å²) in [7, 11) is 0. The summed E-state index contributed by atoms with van der Waals surface area (Å²) >= 11 is 1.87. The van der Waals surface area contributed by atoms with Crippen molar-refractivity contribution in [3.8, 4) is 45.0 Å². The third-order valence-electron chi connectivity index (χ3n) is 8.73. The average molecular weight is 594 g/mol. The maximum absolute atomic E-state index is 5.12. The molecular formula is C41H27N3S. The summed E-state index contributed by atoms with van der Waals surface area (Å²) < 4.78 is 2.63. The van der Waals surface area contributed by atoms with Crippen molar-refractivity contribution in [3.63, 3.8) is 0 Å². The van der Waals surface area contributed by atoms with Crippen molar-refractivity contribution in [2.45, 2.75) is 6.04 Å². The summed E-state index contributed by atoms with van der Waals surface area (Å²) in [6.07, 6.45) is 0. The SMILES string of the molecule is c1ccc(-c2cc(-c3ccc4c(c3)NC(c3ccccc3)c3ccc5sc6ccccc6c5c3-4)nc(-c3ccccc3)n2)cc1. The molecule has 0 amide bonds. The van der Waals surface area contributed by atoms with Crippen molar-refractivity contribution in [2.24, 2.45) is 0 Å². The molecule has 3 heterocycles. The number of fused-ring (bicyclic) bond motifs is 7. The quantitative estimate of drug-likeness (QED) is 0.221. The molecule has 1 N–H and O–H groups in total. The predicted octanol–water partition coefficient (Wildman–Crippen LogP) is 11.0. The number of aromatic nitrogens is 2. The highest BCUT2D eigenvalue weighted by Gasteiger charge is 2.28. The van der Waals surface area contributed by atoms with E-state index in [0.29, 0.717) is 0 Å². The minimum Gasteiger partial charge on any atom is -0.374 e. The summed E-state index contributed by atoms with van der Waals surface area (Å²) in [4.78, 5) is 10.1. The Morgan fingerprint density at radius 2 is 1.20 bits per heavy atom. The van der Waals surface area contributed by atoms with Crippen LogP contribution in [0.5, 0.6) is 0 Å². The molecule has 0 aliphatic carbocycles. The zero-order valence-electron chi connectivity index (χ0n) is 24.3. The first-order valence-electron chi connectivity index (χ1n) is 15.2. The first-order valence-corrected chi connectivity index (χ1v) is 16.0. The molecule has 6 aromatic carbocycles. The summed E-state index contributed by atoms with van der Waals surface area (Å²) in [6.45, 7) is 0. The molecule has 3 nitrogen and oxygen atoms in total. The van der Waals surface area contributed by atoms with Gasteiger partial charge in [-0.15, -0.1) is 11.3 Å². The van der Waals surface area contributed by atoms with Gasteiger partial charge in [0.1, 0.15) is 0 Å². The van der Waals surface area contributed by atoms with Crippen molar-refractivity contribution >= 4 is 37.2 Å². The minimum atomic E-state index is 0.0252. The maximum atomic E-state index is 5.12. The topological polar surface area (TPSA) is 37.8 Å². The summed E-state index contributed by atoms with van der Waals surface area (Å²) in [5, 5.41) is 6.59. The fourth-order valence-corrected chi connectivity index (χ4v) is 7.73. The smallest absolute Gasteiger partial charge is 0.160 e. The minimum absolute atomic E-state index is 0.0252. The lowest BCUT2D eigenvalue weighted by Crippen LogP contribution is -2.18. The molecule has 1 atom stereocenters. The fraction of sp³-hybridized carbons (Fsp3) is 0.0244. The van der Waals surface area contributed by atoms with Crippen LogP contribution in [-0.4, -0.2) is 9.97 Å². The van der Waals surface area contributed by atoms with E-state index in [1.807, 2.05) is 35.6 Å². The van der Waals surface area contributed by atoms with E-state index in [1.54, 1.807) is 0 Å². The number of thiophene rings is 1. The van der Waals surface area contributed by atoms with Gasteiger partial charge in [-0.2, -0.15) is 0 Å². The Balaban J connectivity index is 1.27. The number of nitrogens with one attached hydrogen (secondary N) is 1. The molecule has 0 bridgehead atoms. The standard InChI is InChI=1S/C41H27N3S/c1-4-12-26(13-5-1)33-25-34(44-41(43-33)28-16-8-3-9-17-28)29-20-21-30-35(24-29)42-40(27-14-6-2-7-15-27)32-22-23-37-39(38(30)32)31-18-10-11-19-36(31)45-37/h1-25,40,42H. The van der Waals surface area contributed by atoms with E-state index in [-0.39, 0.29) is 6.04 Å². The van der Waals surface area contributed by atoms with E-state index in [4.69, 9.17) is 9.97 Å². The maximum Gasteiger partial charge on any atom is 0.160 e. The van der Waals surface area contributed by atoms with Crippen LogP contribution in [0.15, 0.2) is 152 Å². The number of rotatable bonds is 4. The summed E-state index contributed by atoms with van der Waals surface area (Å²) in [5.41, 5.74) is 11.1. The zero-order chi connectivity index (χ0) is 29.7. The number of benzene rings is 6. The van der Waals surface area contributed by atoms with Gasteiger partial charge in [0.25, 0.3) is 0 Å².